The molecule has 1 nitrogen and oxygen atoms in total. The van der Waals surface area contributed by atoms with Gasteiger partial charge >= 0.3 is 0 Å². The van der Waals surface area contributed by atoms with Crippen molar-refractivity contribution in [2.24, 2.45) is 0 Å². The molecular weight excluding hydrogens is 196 g/mol. The molecule has 0 spiro atoms. The van der Waals surface area contributed by atoms with Gasteiger partial charge in [-0.2, -0.15) is 0 Å². The number of hydrogen-bond donors (Lipinski definition) is 1. The second kappa shape index (κ2) is 3.51. The van der Waals surface area contributed by atoms with Gasteiger partial charge in [0.05, 0.1) is 0 Å². The first kappa shape index (κ1) is 11.0. The Morgan fingerprint density at radius 3 is 2.31 bits per heavy atom. The molecule has 2 aromatic carbocycles. The van der Waals surface area contributed by atoms with E-state index in [1.54, 1.807) is 0 Å². The van der Waals surface area contributed by atoms with Crippen molar-refractivity contribution in [2.75, 3.05) is 0 Å². The van der Waals surface area contributed by atoms with E-state index in [1.807, 2.05) is 12.1 Å². The van der Waals surface area contributed by atoms with Gasteiger partial charge in [-0.3, -0.25) is 0 Å². The maximum absolute atomic E-state index is 9.74. The van der Waals surface area contributed by atoms with Crippen molar-refractivity contribution >= 4 is 10.8 Å². The summed E-state index contributed by atoms with van der Waals surface area (Å²) in [5, 5.41) is 12.1. The van der Waals surface area contributed by atoms with Crippen molar-refractivity contribution in [3.8, 4) is 5.75 Å². The second-order valence-corrected chi connectivity index (χ2v) is 5.47. The summed E-state index contributed by atoms with van der Waals surface area (Å²) in [6.45, 7) is 8.61. The van der Waals surface area contributed by atoms with Crippen LogP contribution in [-0.4, -0.2) is 5.11 Å². The highest BCUT2D eigenvalue weighted by molar-refractivity contribution is 5.88. The van der Waals surface area contributed by atoms with Crippen molar-refractivity contribution in [1.82, 2.24) is 0 Å². The van der Waals surface area contributed by atoms with Gasteiger partial charge in [0, 0.05) is 0 Å². The Hall–Kier alpha value is -1.50. The summed E-state index contributed by atoms with van der Waals surface area (Å²) in [6.07, 6.45) is 0. The molecule has 84 valence electrons. The molecule has 0 saturated carbocycles. The topological polar surface area (TPSA) is 20.2 Å². The molecule has 0 aliphatic rings. The highest BCUT2D eigenvalue weighted by Crippen LogP contribution is 2.33. The van der Waals surface area contributed by atoms with Gasteiger partial charge in [-0.1, -0.05) is 44.5 Å². The largest absolute Gasteiger partial charge is 0.508 e. The second-order valence-electron chi connectivity index (χ2n) is 5.47. The number of benzene rings is 2. The van der Waals surface area contributed by atoms with Crippen LogP contribution in [0.4, 0.5) is 0 Å². The Morgan fingerprint density at radius 2 is 1.69 bits per heavy atom. The van der Waals surface area contributed by atoms with Crippen LogP contribution in [0.3, 0.4) is 0 Å². The van der Waals surface area contributed by atoms with Crippen LogP contribution in [-0.2, 0) is 5.41 Å². The number of fused-ring (bicyclic) bond motifs is 1. The van der Waals surface area contributed by atoms with Crippen molar-refractivity contribution < 1.29 is 5.11 Å². The van der Waals surface area contributed by atoms with Crippen LogP contribution in [0.1, 0.15) is 31.9 Å². The fourth-order valence-electron chi connectivity index (χ4n) is 2.08. The predicted octanol–water partition coefficient (Wildman–Crippen LogP) is 4.15. The van der Waals surface area contributed by atoms with Crippen molar-refractivity contribution in [1.29, 1.82) is 0 Å². The summed E-state index contributed by atoms with van der Waals surface area (Å²) in [5.74, 6) is 0.348. The highest BCUT2D eigenvalue weighted by Gasteiger charge is 2.17. The average molecular weight is 214 g/mol. The number of hydrogen-bond acceptors (Lipinski definition) is 1. The minimum atomic E-state index is 0.0464. The van der Waals surface area contributed by atoms with Gasteiger partial charge in [0.1, 0.15) is 5.75 Å². The molecule has 0 aromatic heterocycles. The quantitative estimate of drug-likeness (QED) is 0.698. The minimum Gasteiger partial charge on any atom is -0.508 e. The predicted molar refractivity (Wildman–Crippen MR) is 69.0 cm³/mol. The first-order chi connectivity index (χ1) is 7.38. The van der Waals surface area contributed by atoms with Crippen LogP contribution in [0.2, 0.25) is 0 Å². The van der Waals surface area contributed by atoms with E-state index in [0.29, 0.717) is 5.75 Å². The fraction of sp³-hybridized carbons (Fsp3) is 0.333. The van der Waals surface area contributed by atoms with Crippen LogP contribution in [0, 0.1) is 6.92 Å². The summed E-state index contributed by atoms with van der Waals surface area (Å²) in [5.41, 5.74) is 2.50. The monoisotopic (exact) mass is 214 g/mol. The molecule has 0 heterocycles. The lowest BCUT2D eigenvalue weighted by molar-refractivity contribution is 0.472. The molecule has 0 unspecified atom stereocenters. The van der Waals surface area contributed by atoms with Crippen LogP contribution < -0.4 is 0 Å². The first-order valence-corrected chi connectivity index (χ1v) is 5.62. The van der Waals surface area contributed by atoms with Crippen LogP contribution >= 0.6 is 0 Å². The Labute approximate surface area is 96.7 Å². The molecule has 0 amide bonds. The zero-order valence-electron chi connectivity index (χ0n) is 10.3. The molecule has 0 fully saturated rings. The lowest BCUT2D eigenvalue weighted by atomic mass is 9.83. The maximum Gasteiger partial charge on any atom is 0.116 e. The summed E-state index contributed by atoms with van der Waals surface area (Å²) in [6, 6.07) is 10.0. The molecule has 0 radical (unpaired) electrons. The van der Waals surface area contributed by atoms with Crippen molar-refractivity contribution in [3.05, 3.63) is 41.5 Å². The molecule has 0 aliphatic heterocycles. The Balaban J connectivity index is 2.85. The lowest BCUT2D eigenvalue weighted by Crippen LogP contribution is -2.11. The number of phenolic OH excluding ortho intramolecular Hbond substituents is 1. The highest BCUT2D eigenvalue weighted by atomic mass is 16.3. The van der Waals surface area contributed by atoms with E-state index >= 15 is 0 Å². The molecule has 0 saturated heterocycles. The van der Waals surface area contributed by atoms with Gasteiger partial charge < -0.3 is 5.11 Å². The van der Waals surface area contributed by atoms with Gasteiger partial charge in [0.25, 0.3) is 0 Å². The summed E-state index contributed by atoms with van der Waals surface area (Å²) < 4.78 is 0. The zero-order valence-corrected chi connectivity index (χ0v) is 10.3. The van der Waals surface area contributed by atoms with Gasteiger partial charge in [-0.15, -0.1) is 0 Å². The average Bonchev–Trinajstić information content (AvgIpc) is 2.16. The molecule has 1 N–H and O–H groups in total. The molecule has 2 rings (SSSR count). The van der Waals surface area contributed by atoms with E-state index in [9.17, 15) is 5.11 Å². The third-order valence-corrected chi connectivity index (χ3v) is 2.90. The molecule has 0 aliphatic carbocycles. The van der Waals surface area contributed by atoms with Crippen molar-refractivity contribution in [3.63, 3.8) is 0 Å². The number of phenols is 1. The molecular formula is C15H18O. The van der Waals surface area contributed by atoms with Gasteiger partial charge in [-0.25, -0.2) is 0 Å². The van der Waals surface area contributed by atoms with Crippen LogP contribution in [0.25, 0.3) is 10.8 Å². The Bertz CT molecular complexity index is 533. The summed E-state index contributed by atoms with van der Waals surface area (Å²) in [4.78, 5) is 0. The first-order valence-electron chi connectivity index (χ1n) is 5.62. The van der Waals surface area contributed by atoms with E-state index in [0.717, 1.165) is 5.39 Å². The molecule has 1 heteroatoms. The Kier molecular flexibility index (Phi) is 2.42. The fourth-order valence-corrected chi connectivity index (χ4v) is 2.08. The molecule has 16 heavy (non-hydrogen) atoms. The van der Waals surface area contributed by atoms with E-state index < -0.39 is 0 Å². The lowest BCUT2D eigenvalue weighted by Gasteiger charge is -2.22. The number of rotatable bonds is 0. The minimum absolute atomic E-state index is 0.0464. The smallest absolute Gasteiger partial charge is 0.116 e. The van der Waals surface area contributed by atoms with Crippen LogP contribution in [0.5, 0.6) is 5.75 Å². The molecule has 0 bridgehead atoms. The summed E-state index contributed by atoms with van der Waals surface area (Å²) >= 11 is 0. The Morgan fingerprint density at radius 1 is 1.00 bits per heavy atom. The van der Waals surface area contributed by atoms with Crippen LogP contribution in [0.15, 0.2) is 30.3 Å². The van der Waals surface area contributed by atoms with E-state index in [2.05, 4.69) is 45.9 Å². The standard InChI is InChI=1S/C15H18O/c1-10-5-6-11-8-12(16)9-14(13(11)7-10)15(2,3)4/h5-9,16H,1-4H3. The molecule has 0 atom stereocenters. The third-order valence-electron chi connectivity index (χ3n) is 2.90. The normalized spacial score (nSPS) is 12.0. The number of aromatic hydroxyl groups is 1. The van der Waals surface area contributed by atoms with Gasteiger partial charge in [-0.05, 0) is 40.8 Å². The van der Waals surface area contributed by atoms with E-state index in [1.165, 1.54) is 16.5 Å². The SMILES string of the molecule is Cc1ccc2cc(O)cc(C(C)(C)C)c2c1. The van der Waals surface area contributed by atoms with Gasteiger partial charge in [0.15, 0.2) is 0 Å². The maximum atomic E-state index is 9.74. The van der Waals surface area contributed by atoms with Gasteiger partial charge in [0.2, 0.25) is 0 Å². The van der Waals surface area contributed by atoms with E-state index in [4.69, 9.17) is 0 Å². The molecule has 2 aromatic rings. The number of aryl methyl sites for hydroxylation is 1. The summed E-state index contributed by atoms with van der Waals surface area (Å²) in [7, 11) is 0. The van der Waals surface area contributed by atoms with Crippen molar-refractivity contribution in [2.45, 2.75) is 33.1 Å². The van der Waals surface area contributed by atoms with E-state index in [-0.39, 0.29) is 5.41 Å². The zero-order chi connectivity index (χ0) is 11.9. The third kappa shape index (κ3) is 1.90.